The van der Waals surface area contributed by atoms with E-state index in [9.17, 15) is 4.79 Å². The summed E-state index contributed by atoms with van der Waals surface area (Å²) >= 11 is 0. The lowest BCUT2D eigenvalue weighted by Crippen LogP contribution is -2.05. The maximum absolute atomic E-state index is 12.0. The molecule has 2 heteroatoms. The van der Waals surface area contributed by atoms with Crippen molar-refractivity contribution in [1.82, 2.24) is 0 Å². The number of unbranched alkanes of at least 4 members (excludes halogenated alkanes) is 38. The van der Waals surface area contributed by atoms with Crippen molar-refractivity contribution in [3.05, 3.63) is 12.2 Å². The van der Waals surface area contributed by atoms with Crippen molar-refractivity contribution in [1.29, 1.82) is 0 Å². The molecule has 0 aromatic heterocycles. The van der Waals surface area contributed by atoms with Gasteiger partial charge in [-0.05, 0) is 38.5 Å². The third kappa shape index (κ3) is 45.2. The minimum absolute atomic E-state index is 0.0294. The summed E-state index contributed by atoms with van der Waals surface area (Å²) in [7, 11) is 0. The second-order valence-corrected chi connectivity index (χ2v) is 16.1. The van der Waals surface area contributed by atoms with Gasteiger partial charge in [0.15, 0.2) is 0 Å². The highest BCUT2D eigenvalue weighted by Crippen LogP contribution is 2.16. The van der Waals surface area contributed by atoms with E-state index in [1.165, 1.54) is 250 Å². The van der Waals surface area contributed by atoms with E-state index in [4.69, 9.17) is 4.74 Å². The smallest absolute Gasteiger partial charge is 0.305 e. The molecule has 0 fully saturated rings. The van der Waals surface area contributed by atoms with E-state index in [0.717, 1.165) is 12.8 Å². The molecule has 0 aromatic rings. The predicted octanol–water partition coefficient (Wildman–Crippen LogP) is 17.5. The lowest BCUT2D eigenvalue weighted by atomic mass is 10.0. The number of rotatable bonds is 44. The number of hydrogen-bond acceptors (Lipinski definition) is 2. The molecule has 0 unspecified atom stereocenters. The van der Waals surface area contributed by atoms with Crippen LogP contribution >= 0.6 is 0 Å². The lowest BCUT2D eigenvalue weighted by Gasteiger charge is -2.06. The number of hydrogen-bond donors (Lipinski definition) is 0. The Morgan fingerprint density at radius 1 is 0.320 bits per heavy atom. The number of esters is 1. The molecule has 0 saturated heterocycles. The van der Waals surface area contributed by atoms with Crippen LogP contribution in [0.15, 0.2) is 12.2 Å². The first-order valence-corrected chi connectivity index (χ1v) is 23.6. The standard InChI is InChI=1S/C48H94O2/c1-3-5-7-9-11-13-15-17-19-21-23-25-27-29-31-33-35-37-39-41-43-45-47-50-48(49)46-44-42-40-38-36-34-32-30-28-26-24-22-20-18-16-14-12-10-8-6-4-2/h18,20H,3-17,19,21-47H2,1-2H3. The maximum atomic E-state index is 12.0. The largest absolute Gasteiger partial charge is 0.466 e. The molecule has 0 aliphatic rings. The van der Waals surface area contributed by atoms with Crippen molar-refractivity contribution in [2.24, 2.45) is 0 Å². The summed E-state index contributed by atoms with van der Waals surface area (Å²) in [4.78, 5) is 12.0. The van der Waals surface area contributed by atoms with Crippen LogP contribution in [0.1, 0.15) is 284 Å². The summed E-state index contributed by atoms with van der Waals surface area (Å²) in [5.74, 6) is 0.0294. The first-order chi connectivity index (χ1) is 24.8. The van der Waals surface area contributed by atoms with Crippen molar-refractivity contribution in [3.63, 3.8) is 0 Å². The zero-order valence-electron chi connectivity index (χ0n) is 34.9. The van der Waals surface area contributed by atoms with Gasteiger partial charge in [-0.25, -0.2) is 0 Å². The van der Waals surface area contributed by atoms with Gasteiger partial charge in [0, 0.05) is 6.42 Å². The van der Waals surface area contributed by atoms with Crippen molar-refractivity contribution in [3.8, 4) is 0 Å². The molecule has 0 aromatic carbocycles. The van der Waals surface area contributed by atoms with Gasteiger partial charge in [-0.1, -0.05) is 251 Å². The molecule has 0 amide bonds. The highest BCUT2D eigenvalue weighted by Gasteiger charge is 2.03. The Morgan fingerprint density at radius 2 is 0.560 bits per heavy atom. The van der Waals surface area contributed by atoms with E-state index in [2.05, 4.69) is 26.0 Å². The van der Waals surface area contributed by atoms with Crippen molar-refractivity contribution in [2.75, 3.05) is 6.61 Å². The number of ether oxygens (including phenoxy) is 1. The fourth-order valence-corrected chi connectivity index (χ4v) is 7.37. The van der Waals surface area contributed by atoms with Crippen molar-refractivity contribution >= 4 is 5.97 Å². The Bertz CT molecular complexity index is 640. The van der Waals surface area contributed by atoms with E-state index in [1.807, 2.05) is 0 Å². The highest BCUT2D eigenvalue weighted by atomic mass is 16.5. The Kier molecular flexibility index (Phi) is 45.5. The van der Waals surface area contributed by atoms with Gasteiger partial charge >= 0.3 is 5.97 Å². The van der Waals surface area contributed by atoms with Crippen LogP contribution in [0.3, 0.4) is 0 Å². The zero-order valence-corrected chi connectivity index (χ0v) is 34.9. The van der Waals surface area contributed by atoms with Crippen LogP contribution in [0, 0.1) is 0 Å². The lowest BCUT2D eigenvalue weighted by molar-refractivity contribution is -0.143. The molecule has 0 spiro atoms. The molecule has 0 aliphatic heterocycles. The fourth-order valence-electron chi connectivity index (χ4n) is 7.37. The molecule has 2 nitrogen and oxygen atoms in total. The van der Waals surface area contributed by atoms with E-state index in [-0.39, 0.29) is 5.97 Å². The molecule has 0 rings (SSSR count). The zero-order chi connectivity index (χ0) is 36.1. The van der Waals surface area contributed by atoms with E-state index < -0.39 is 0 Å². The third-order valence-corrected chi connectivity index (χ3v) is 10.9. The predicted molar refractivity (Wildman–Crippen MR) is 225 cm³/mol. The van der Waals surface area contributed by atoms with Gasteiger partial charge < -0.3 is 4.74 Å². The van der Waals surface area contributed by atoms with E-state index >= 15 is 0 Å². The first-order valence-electron chi connectivity index (χ1n) is 23.6. The maximum Gasteiger partial charge on any atom is 0.305 e. The van der Waals surface area contributed by atoms with Gasteiger partial charge in [0.25, 0.3) is 0 Å². The van der Waals surface area contributed by atoms with Crippen molar-refractivity contribution < 1.29 is 9.53 Å². The Hall–Kier alpha value is -0.790. The minimum Gasteiger partial charge on any atom is -0.466 e. The van der Waals surface area contributed by atoms with Gasteiger partial charge in [-0.15, -0.1) is 0 Å². The van der Waals surface area contributed by atoms with Crippen LogP contribution in [-0.2, 0) is 9.53 Å². The molecular formula is C48H94O2. The summed E-state index contributed by atoms with van der Waals surface area (Å²) in [5.41, 5.74) is 0. The molecule has 0 atom stereocenters. The SMILES string of the molecule is CCCCCCCCC=CCCCCCCCCCCCCCC(=O)OCCCCCCCCCCCCCCCCCCCCCCCC. The third-order valence-electron chi connectivity index (χ3n) is 10.9. The van der Waals surface area contributed by atoms with Gasteiger partial charge in [0.2, 0.25) is 0 Å². The van der Waals surface area contributed by atoms with Crippen LogP contribution in [0.4, 0.5) is 0 Å². The number of carbonyl (C=O) groups is 1. The molecule has 0 heterocycles. The molecule has 50 heavy (non-hydrogen) atoms. The normalized spacial score (nSPS) is 11.6. The summed E-state index contributed by atoms with van der Waals surface area (Å²) in [6, 6.07) is 0. The quantitative estimate of drug-likeness (QED) is 0.0359. The van der Waals surface area contributed by atoms with Gasteiger partial charge in [-0.2, -0.15) is 0 Å². The monoisotopic (exact) mass is 703 g/mol. The van der Waals surface area contributed by atoms with E-state index in [0.29, 0.717) is 13.0 Å². The van der Waals surface area contributed by atoms with Gasteiger partial charge in [0.05, 0.1) is 6.61 Å². The molecule has 0 N–H and O–H groups in total. The molecule has 298 valence electrons. The summed E-state index contributed by atoms with van der Waals surface area (Å²) in [5, 5.41) is 0. The summed E-state index contributed by atoms with van der Waals surface area (Å²) < 4.78 is 5.49. The Morgan fingerprint density at radius 3 is 0.860 bits per heavy atom. The van der Waals surface area contributed by atoms with E-state index in [1.54, 1.807) is 0 Å². The minimum atomic E-state index is 0.0294. The van der Waals surface area contributed by atoms with Crippen molar-refractivity contribution in [2.45, 2.75) is 284 Å². The summed E-state index contributed by atoms with van der Waals surface area (Å²) in [6.07, 6.45) is 61.9. The van der Waals surface area contributed by atoms with Gasteiger partial charge in [-0.3, -0.25) is 4.79 Å². The van der Waals surface area contributed by atoms with Crippen LogP contribution in [0.2, 0.25) is 0 Å². The summed E-state index contributed by atoms with van der Waals surface area (Å²) in [6.45, 7) is 5.22. The number of allylic oxidation sites excluding steroid dienone is 2. The number of carbonyl (C=O) groups excluding carboxylic acids is 1. The molecule has 0 bridgehead atoms. The van der Waals surface area contributed by atoms with Crippen LogP contribution in [0.5, 0.6) is 0 Å². The average molecular weight is 703 g/mol. The first kappa shape index (κ1) is 49.2. The molecule has 0 radical (unpaired) electrons. The fraction of sp³-hybridized carbons (Fsp3) is 0.938. The molecule has 0 saturated carbocycles. The topological polar surface area (TPSA) is 26.3 Å². The molecular weight excluding hydrogens is 609 g/mol. The Labute approximate surface area is 316 Å². The van der Waals surface area contributed by atoms with Crippen LogP contribution in [-0.4, -0.2) is 12.6 Å². The van der Waals surface area contributed by atoms with Gasteiger partial charge in [0.1, 0.15) is 0 Å². The second-order valence-electron chi connectivity index (χ2n) is 16.1. The molecule has 0 aliphatic carbocycles. The van der Waals surface area contributed by atoms with Crippen LogP contribution in [0.25, 0.3) is 0 Å². The average Bonchev–Trinajstić information content (AvgIpc) is 3.12. The highest BCUT2D eigenvalue weighted by molar-refractivity contribution is 5.69. The van der Waals surface area contributed by atoms with Crippen LogP contribution < -0.4 is 0 Å². The Balaban J connectivity index is 3.17. The second kappa shape index (κ2) is 46.2.